The first kappa shape index (κ1) is 13.7. The minimum atomic E-state index is -3.71. The van der Waals surface area contributed by atoms with Crippen LogP contribution in [0.25, 0.3) is 0 Å². The lowest BCUT2D eigenvalue weighted by Crippen LogP contribution is -2.13. The summed E-state index contributed by atoms with van der Waals surface area (Å²) in [5.74, 6) is 1.10. The van der Waals surface area contributed by atoms with Gasteiger partial charge in [0.25, 0.3) is 10.0 Å². The number of sulfonamides is 1. The highest BCUT2D eigenvalue weighted by atomic mass is 32.2. The topological polar surface area (TPSA) is 104 Å². The van der Waals surface area contributed by atoms with Crippen molar-refractivity contribution in [1.29, 1.82) is 0 Å². The van der Waals surface area contributed by atoms with Crippen molar-refractivity contribution in [2.45, 2.75) is 11.4 Å². The number of hydrogen-bond acceptors (Lipinski definition) is 6. The summed E-state index contributed by atoms with van der Waals surface area (Å²) in [5.41, 5.74) is 6.44. The third kappa shape index (κ3) is 2.76. The van der Waals surface area contributed by atoms with Gasteiger partial charge in [0.1, 0.15) is 4.90 Å². The molecule has 3 rings (SSSR count). The standard InChI is InChI=1S/C13H13N3O4S/c14-6-10-1-3-11(7-15-10)21(17,18)16-9-2-4-12-13(5-9)20-8-19-12/h1-5,7,16H,6,8,14H2. The predicted octanol–water partition coefficient (Wildman–Crippen LogP) is 1.07. The lowest BCUT2D eigenvalue weighted by atomic mass is 10.3. The molecule has 8 heteroatoms. The molecule has 0 unspecified atom stereocenters. The van der Waals surface area contributed by atoms with Gasteiger partial charge in [0.15, 0.2) is 11.5 Å². The lowest BCUT2D eigenvalue weighted by molar-refractivity contribution is 0.174. The van der Waals surface area contributed by atoms with Crippen LogP contribution in [0.15, 0.2) is 41.4 Å². The van der Waals surface area contributed by atoms with Crippen molar-refractivity contribution in [3.63, 3.8) is 0 Å². The van der Waals surface area contributed by atoms with Crippen LogP contribution in [0.3, 0.4) is 0 Å². The summed E-state index contributed by atoms with van der Waals surface area (Å²) in [6, 6.07) is 7.86. The van der Waals surface area contributed by atoms with Gasteiger partial charge in [-0.1, -0.05) is 0 Å². The third-order valence-electron chi connectivity index (χ3n) is 2.94. The van der Waals surface area contributed by atoms with Crippen molar-refractivity contribution in [3.8, 4) is 11.5 Å². The Balaban J connectivity index is 1.85. The summed E-state index contributed by atoms with van der Waals surface area (Å²) in [5, 5.41) is 0. The second-order valence-electron chi connectivity index (χ2n) is 4.36. The summed E-state index contributed by atoms with van der Waals surface area (Å²) in [6.45, 7) is 0.395. The number of ether oxygens (including phenoxy) is 2. The van der Waals surface area contributed by atoms with Crippen molar-refractivity contribution in [2.75, 3.05) is 11.5 Å². The maximum atomic E-state index is 12.2. The van der Waals surface area contributed by atoms with Crippen LogP contribution in [0.4, 0.5) is 5.69 Å². The highest BCUT2D eigenvalue weighted by Crippen LogP contribution is 2.34. The second kappa shape index (κ2) is 5.23. The minimum Gasteiger partial charge on any atom is -0.454 e. The van der Waals surface area contributed by atoms with Crippen LogP contribution in [-0.2, 0) is 16.6 Å². The average molecular weight is 307 g/mol. The van der Waals surface area contributed by atoms with Crippen LogP contribution >= 0.6 is 0 Å². The molecule has 2 aromatic rings. The van der Waals surface area contributed by atoms with Crippen molar-refractivity contribution in [2.24, 2.45) is 5.73 Å². The Morgan fingerprint density at radius 3 is 2.71 bits per heavy atom. The van der Waals surface area contributed by atoms with Gasteiger partial charge in [0.05, 0.1) is 11.4 Å². The Kier molecular flexibility index (Phi) is 3.40. The number of fused-ring (bicyclic) bond motifs is 1. The Morgan fingerprint density at radius 2 is 2.00 bits per heavy atom. The molecule has 0 atom stereocenters. The smallest absolute Gasteiger partial charge is 0.263 e. The summed E-state index contributed by atoms with van der Waals surface area (Å²) in [4.78, 5) is 4.04. The number of aromatic nitrogens is 1. The summed E-state index contributed by atoms with van der Waals surface area (Å²) in [7, 11) is -3.71. The zero-order valence-electron chi connectivity index (χ0n) is 10.9. The van der Waals surface area contributed by atoms with E-state index in [9.17, 15) is 8.42 Å². The molecule has 0 fully saturated rings. The first-order chi connectivity index (χ1) is 10.1. The Hall–Kier alpha value is -2.32. The van der Waals surface area contributed by atoms with Gasteiger partial charge in [0.2, 0.25) is 6.79 Å². The normalized spacial score (nSPS) is 13.2. The number of hydrogen-bond donors (Lipinski definition) is 2. The van der Waals surface area contributed by atoms with E-state index in [1.165, 1.54) is 12.3 Å². The number of nitrogens with zero attached hydrogens (tertiary/aromatic N) is 1. The van der Waals surface area contributed by atoms with Crippen molar-refractivity contribution < 1.29 is 17.9 Å². The van der Waals surface area contributed by atoms with Crippen molar-refractivity contribution in [3.05, 3.63) is 42.2 Å². The SMILES string of the molecule is NCc1ccc(S(=O)(=O)Nc2ccc3c(c2)OCO3)cn1. The van der Waals surface area contributed by atoms with Crippen LogP contribution in [0.2, 0.25) is 0 Å². The lowest BCUT2D eigenvalue weighted by Gasteiger charge is -2.08. The molecule has 0 bridgehead atoms. The Bertz CT molecular complexity index is 759. The largest absolute Gasteiger partial charge is 0.454 e. The second-order valence-corrected chi connectivity index (χ2v) is 6.05. The van der Waals surface area contributed by atoms with Crippen LogP contribution in [0.1, 0.15) is 5.69 Å². The van der Waals surface area contributed by atoms with Gasteiger partial charge >= 0.3 is 0 Å². The third-order valence-corrected chi connectivity index (χ3v) is 4.31. The van der Waals surface area contributed by atoms with Crippen molar-refractivity contribution in [1.82, 2.24) is 4.98 Å². The monoisotopic (exact) mass is 307 g/mol. The van der Waals surface area contributed by atoms with Gasteiger partial charge < -0.3 is 15.2 Å². The molecule has 0 spiro atoms. The fourth-order valence-corrected chi connectivity index (χ4v) is 2.86. The summed E-state index contributed by atoms with van der Waals surface area (Å²) >= 11 is 0. The van der Waals surface area contributed by atoms with Crippen molar-refractivity contribution >= 4 is 15.7 Å². The highest BCUT2D eigenvalue weighted by Gasteiger charge is 2.18. The van der Waals surface area contributed by atoms with E-state index in [1.54, 1.807) is 24.3 Å². The summed E-state index contributed by atoms with van der Waals surface area (Å²) < 4.78 is 37.3. The molecule has 1 aliphatic heterocycles. The predicted molar refractivity (Wildman–Crippen MR) is 75.5 cm³/mol. The van der Waals surface area contributed by atoms with Gasteiger partial charge in [-0.3, -0.25) is 9.71 Å². The van der Waals surface area contributed by atoms with Gasteiger partial charge in [-0.25, -0.2) is 8.42 Å². The van der Waals surface area contributed by atoms with Crippen LogP contribution in [-0.4, -0.2) is 20.2 Å². The van der Waals surface area contributed by atoms with E-state index in [1.807, 2.05) is 0 Å². The van der Waals surface area contributed by atoms with Gasteiger partial charge in [0, 0.05) is 18.8 Å². The molecule has 0 saturated heterocycles. The van der Waals surface area contributed by atoms with Gasteiger partial charge in [-0.15, -0.1) is 0 Å². The molecular weight excluding hydrogens is 294 g/mol. The molecule has 2 heterocycles. The highest BCUT2D eigenvalue weighted by molar-refractivity contribution is 7.92. The molecule has 0 aliphatic carbocycles. The number of nitrogens with two attached hydrogens (primary N) is 1. The molecule has 1 aromatic heterocycles. The molecule has 7 nitrogen and oxygen atoms in total. The molecule has 0 amide bonds. The zero-order valence-corrected chi connectivity index (χ0v) is 11.8. The maximum Gasteiger partial charge on any atom is 0.263 e. The van der Waals surface area contributed by atoms with E-state index in [2.05, 4.69) is 9.71 Å². The van der Waals surface area contributed by atoms with E-state index in [-0.39, 0.29) is 18.2 Å². The van der Waals surface area contributed by atoms with E-state index in [0.29, 0.717) is 22.9 Å². The minimum absolute atomic E-state index is 0.0670. The number of pyridine rings is 1. The molecule has 110 valence electrons. The molecule has 1 aromatic carbocycles. The Labute approximate surface area is 121 Å². The van der Waals surface area contributed by atoms with Crippen LogP contribution < -0.4 is 19.9 Å². The van der Waals surface area contributed by atoms with Crippen LogP contribution in [0.5, 0.6) is 11.5 Å². The molecule has 21 heavy (non-hydrogen) atoms. The molecule has 0 radical (unpaired) electrons. The number of anilines is 1. The summed E-state index contributed by atoms with van der Waals surface area (Å²) in [6.07, 6.45) is 1.28. The molecule has 1 aliphatic rings. The number of rotatable bonds is 4. The number of benzene rings is 1. The van der Waals surface area contributed by atoms with Gasteiger partial charge in [-0.2, -0.15) is 0 Å². The van der Waals surface area contributed by atoms with Crippen LogP contribution in [0, 0.1) is 0 Å². The molecular formula is C13H13N3O4S. The fourth-order valence-electron chi connectivity index (χ4n) is 1.86. The zero-order chi connectivity index (χ0) is 14.9. The first-order valence-corrected chi connectivity index (χ1v) is 7.64. The maximum absolute atomic E-state index is 12.2. The molecule has 3 N–H and O–H groups in total. The van der Waals surface area contributed by atoms with E-state index >= 15 is 0 Å². The average Bonchev–Trinajstić information content (AvgIpc) is 2.94. The molecule has 0 saturated carbocycles. The first-order valence-electron chi connectivity index (χ1n) is 6.16. The van der Waals surface area contributed by atoms with E-state index in [4.69, 9.17) is 15.2 Å². The Morgan fingerprint density at radius 1 is 1.19 bits per heavy atom. The van der Waals surface area contributed by atoms with Gasteiger partial charge in [-0.05, 0) is 24.3 Å². The quantitative estimate of drug-likeness (QED) is 0.875. The van der Waals surface area contributed by atoms with E-state index in [0.717, 1.165) is 0 Å². The van der Waals surface area contributed by atoms with E-state index < -0.39 is 10.0 Å². The number of nitrogens with one attached hydrogen (secondary N) is 1. The fraction of sp³-hybridized carbons (Fsp3) is 0.154.